The van der Waals surface area contributed by atoms with E-state index >= 15 is 0 Å². The van der Waals surface area contributed by atoms with Crippen LogP contribution in [0.15, 0.2) is 66.7 Å². The lowest BCUT2D eigenvalue weighted by Gasteiger charge is -2.07. The first kappa shape index (κ1) is 14.8. The summed E-state index contributed by atoms with van der Waals surface area (Å²) in [5.74, 6) is 1.20. The molecule has 0 aliphatic heterocycles. The summed E-state index contributed by atoms with van der Waals surface area (Å²) in [4.78, 5) is 12.6. The van der Waals surface area contributed by atoms with Gasteiger partial charge in [0.05, 0.1) is 0 Å². The van der Waals surface area contributed by atoms with Crippen LogP contribution in [-0.2, 0) is 0 Å². The van der Waals surface area contributed by atoms with Gasteiger partial charge in [0.1, 0.15) is 5.82 Å². The van der Waals surface area contributed by atoms with E-state index in [0.717, 1.165) is 16.7 Å². The summed E-state index contributed by atoms with van der Waals surface area (Å²) in [5, 5.41) is 2.67. The van der Waals surface area contributed by atoms with Gasteiger partial charge in [0, 0.05) is 5.56 Å². The Morgan fingerprint density at radius 2 is 1.42 bits per heavy atom. The molecule has 3 nitrogen and oxygen atoms in total. The van der Waals surface area contributed by atoms with Gasteiger partial charge in [-0.3, -0.25) is 0 Å². The van der Waals surface area contributed by atoms with Gasteiger partial charge in [0.2, 0.25) is 5.28 Å². The van der Waals surface area contributed by atoms with Crippen molar-refractivity contribution in [2.45, 2.75) is 6.92 Å². The molecule has 0 spiro atoms. The minimum absolute atomic E-state index is 0.216. The fourth-order valence-electron chi connectivity index (χ4n) is 2.78. The van der Waals surface area contributed by atoms with Crippen LogP contribution in [0, 0.1) is 6.92 Å². The van der Waals surface area contributed by atoms with Crippen LogP contribution in [0.4, 0.5) is 0 Å². The van der Waals surface area contributed by atoms with Crippen molar-refractivity contribution in [2.24, 2.45) is 0 Å². The van der Waals surface area contributed by atoms with Crippen molar-refractivity contribution in [3.8, 4) is 22.5 Å². The minimum atomic E-state index is 0.216. The van der Waals surface area contributed by atoms with Crippen molar-refractivity contribution >= 4 is 22.4 Å². The normalized spacial score (nSPS) is 10.9. The molecule has 24 heavy (non-hydrogen) atoms. The largest absolute Gasteiger partial charge is 0.226 e. The lowest BCUT2D eigenvalue weighted by Crippen LogP contribution is -1.96. The van der Waals surface area contributed by atoms with Crippen LogP contribution in [0.5, 0.6) is 0 Å². The smallest absolute Gasteiger partial charge is 0.213 e. The maximum absolute atomic E-state index is 5.96. The Morgan fingerprint density at radius 3 is 2.25 bits per heavy atom. The fourth-order valence-corrected chi connectivity index (χ4v) is 2.99. The standard InChI is InChI=1S/C20H14ClN3/c1-13-22-19(24-20(21)23-13)18-8-4-7-16(12-18)17-10-9-14-5-2-3-6-15(14)11-17/h2-12H,1H3. The molecule has 0 N–H and O–H groups in total. The SMILES string of the molecule is Cc1nc(Cl)nc(-c2cccc(-c3ccc4ccccc4c3)c2)n1. The number of halogens is 1. The van der Waals surface area contributed by atoms with E-state index in [1.165, 1.54) is 10.8 Å². The lowest BCUT2D eigenvalue weighted by molar-refractivity contribution is 0.984. The maximum Gasteiger partial charge on any atom is 0.226 e. The van der Waals surface area contributed by atoms with Crippen molar-refractivity contribution in [1.29, 1.82) is 0 Å². The summed E-state index contributed by atoms with van der Waals surface area (Å²) in [6.07, 6.45) is 0. The third kappa shape index (κ3) is 2.86. The van der Waals surface area contributed by atoms with Crippen LogP contribution in [0.3, 0.4) is 0 Å². The van der Waals surface area contributed by atoms with Crippen LogP contribution in [0.2, 0.25) is 5.28 Å². The molecule has 0 aliphatic rings. The van der Waals surface area contributed by atoms with Gasteiger partial charge in [-0.1, -0.05) is 54.6 Å². The Bertz CT molecular complexity index is 1020. The number of rotatable bonds is 2. The van der Waals surface area contributed by atoms with Crippen molar-refractivity contribution in [3.63, 3.8) is 0 Å². The van der Waals surface area contributed by atoms with Crippen molar-refractivity contribution in [1.82, 2.24) is 15.0 Å². The molecule has 4 heteroatoms. The van der Waals surface area contributed by atoms with Crippen molar-refractivity contribution in [2.75, 3.05) is 0 Å². The first-order valence-electron chi connectivity index (χ1n) is 7.67. The predicted octanol–water partition coefficient (Wildman–Crippen LogP) is 5.32. The van der Waals surface area contributed by atoms with E-state index in [4.69, 9.17) is 11.6 Å². The van der Waals surface area contributed by atoms with Crippen LogP contribution in [-0.4, -0.2) is 15.0 Å². The Kier molecular flexibility index (Phi) is 3.71. The number of nitrogens with zero attached hydrogens (tertiary/aromatic N) is 3. The van der Waals surface area contributed by atoms with E-state index in [9.17, 15) is 0 Å². The van der Waals surface area contributed by atoms with Gasteiger partial charge < -0.3 is 0 Å². The quantitative estimate of drug-likeness (QED) is 0.499. The molecule has 0 aliphatic carbocycles. The number of fused-ring (bicyclic) bond motifs is 1. The molecule has 0 bridgehead atoms. The average molecular weight is 332 g/mol. The zero-order valence-corrected chi connectivity index (χ0v) is 13.8. The summed E-state index contributed by atoms with van der Waals surface area (Å²) in [7, 11) is 0. The highest BCUT2D eigenvalue weighted by Crippen LogP contribution is 2.27. The highest BCUT2D eigenvalue weighted by Gasteiger charge is 2.07. The average Bonchev–Trinajstić information content (AvgIpc) is 2.60. The third-order valence-corrected chi connectivity index (χ3v) is 4.09. The van der Waals surface area contributed by atoms with E-state index in [2.05, 4.69) is 69.5 Å². The second kappa shape index (κ2) is 6.02. The van der Waals surface area contributed by atoms with Gasteiger partial charge in [0.15, 0.2) is 5.82 Å². The van der Waals surface area contributed by atoms with Crippen LogP contribution >= 0.6 is 11.6 Å². The highest BCUT2D eigenvalue weighted by atomic mass is 35.5. The molecule has 0 radical (unpaired) electrons. The van der Waals surface area contributed by atoms with Crippen molar-refractivity contribution < 1.29 is 0 Å². The molecule has 116 valence electrons. The number of benzene rings is 3. The number of aromatic nitrogens is 3. The summed E-state index contributed by atoms with van der Waals surface area (Å²) in [5.41, 5.74) is 3.20. The molecular formula is C20H14ClN3. The number of hydrogen-bond acceptors (Lipinski definition) is 3. The van der Waals surface area contributed by atoms with E-state index < -0.39 is 0 Å². The summed E-state index contributed by atoms with van der Waals surface area (Å²) in [6.45, 7) is 1.81. The van der Waals surface area contributed by atoms with E-state index in [1.54, 1.807) is 0 Å². The monoisotopic (exact) mass is 331 g/mol. The van der Waals surface area contributed by atoms with Gasteiger partial charge in [-0.15, -0.1) is 0 Å². The highest BCUT2D eigenvalue weighted by molar-refractivity contribution is 6.28. The summed E-state index contributed by atoms with van der Waals surface area (Å²) >= 11 is 5.96. The molecule has 0 saturated carbocycles. The third-order valence-electron chi connectivity index (χ3n) is 3.92. The van der Waals surface area contributed by atoms with Gasteiger partial charge in [-0.05, 0) is 52.6 Å². The Morgan fingerprint density at radius 1 is 0.667 bits per heavy atom. The zero-order valence-electron chi connectivity index (χ0n) is 13.1. The van der Waals surface area contributed by atoms with Crippen LogP contribution in [0.25, 0.3) is 33.3 Å². The molecule has 0 atom stereocenters. The minimum Gasteiger partial charge on any atom is -0.213 e. The number of hydrogen-bond donors (Lipinski definition) is 0. The summed E-state index contributed by atoms with van der Waals surface area (Å²) in [6, 6.07) is 23.0. The van der Waals surface area contributed by atoms with Gasteiger partial charge in [0.25, 0.3) is 0 Å². The first-order valence-corrected chi connectivity index (χ1v) is 8.05. The van der Waals surface area contributed by atoms with E-state index in [1.807, 2.05) is 19.1 Å². The molecule has 4 aromatic rings. The fraction of sp³-hybridized carbons (Fsp3) is 0.0500. The molecule has 0 unspecified atom stereocenters. The van der Waals surface area contributed by atoms with Crippen molar-refractivity contribution in [3.05, 3.63) is 77.8 Å². The molecule has 3 aromatic carbocycles. The molecular weight excluding hydrogens is 318 g/mol. The van der Waals surface area contributed by atoms with Gasteiger partial charge in [-0.2, -0.15) is 4.98 Å². The molecule has 0 amide bonds. The zero-order chi connectivity index (χ0) is 16.5. The maximum atomic E-state index is 5.96. The molecule has 4 rings (SSSR count). The molecule has 0 fully saturated rings. The second-order valence-electron chi connectivity index (χ2n) is 5.62. The van der Waals surface area contributed by atoms with Crippen LogP contribution < -0.4 is 0 Å². The van der Waals surface area contributed by atoms with Gasteiger partial charge >= 0.3 is 0 Å². The summed E-state index contributed by atoms with van der Waals surface area (Å²) < 4.78 is 0. The molecule has 1 aromatic heterocycles. The van der Waals surface area contributed by atoms with Gasteiger partial charge in [-0.25, -0.2) is 9.97 Å². The van der Waals surface area contributed by atoms with E-state index in [-0.39, 0.29) is 5.28 Å². The van der Waals surface area contributed by atoms with Crippen LogP contribution in [0.1, 0.15) is 5.82 Å². The molecule has 1 heterocycles. The first-order chi connectivity index (χ1) is 11.7. The van der Waals surface area contributed by atoms with E-state index in [0.29, 0.717) is 11.6 Å². The predicted molar refractivity (Wildman–Crippen MR) is 98.0 cm³/mol. The Balaban J connectivity index is 1.81. The number of aryl methyl sites for hydroxylation is 1. The Labute approximate surface area is 145 Å². The Hall–Kier alpha value is -2.78. The topological polar surface area (TPSA) is 38.7 Å². The lowest BCUT2D eigenvalue weighted by atomic mass is 9.99. The molecule has 0 saturated heterocycles. The second-order valence-corrected chi connectivity index (χ2v) is 5.96.